The molecule has 2 aliphatic rings. The van der Waals surface area contributed by atoms with Crippen LogP contribution < -0.4 is 15.4 Å². The van der Waals surface area contributed by atoms with Gasteiger partial charge in [0.2, 0.25) is 5.95 Å². The van der Waals surface area contributed by atoms with Crippen molar-refractivity contribution in [2.75, 3.05) is 22.9 Å². The highest BCUT2D eigenvalue weighted by Crippen LogP contribution is 2.35. The molecule has 0 amide bonds. The van der Waals surface area contributed by atoms with Crippen molar-refractivity contribution < 1.29 is 0 Å². The molecule has 29 heavy (non-hydrogen) atoms. The van der Waals surface area contributed by atoms with Crippen LogP contribution in [0.4, 0.5) is 11.8 Å². The molecule has 2 fully saturated rings. The van der Waals surface area contributed by atoms with Gasteiger partial charge in [-0.15, -0.1) is 0 Å². The van der Waals surface area contributed by atoms with Crippen molar-refractivity contribution in [1.82, 2.24) is 24.5 Å². The standard InChI is InChI=1S/C21H25N7O/c1-14-12-18(24-13-23-14)28(15-5-6-15)16-7-10-27(11-8-16)21-25-19-17(4-3-9-22-19)20(29)26(21)2/h3-4,9,12-13,15-16H,5-8,10-11H2,1-2H3. The fraction of sp³-hybridized carbons (Fsp3) is 0.476. The number of aromatic nitrogens is 5. The van der Waals surface area contributed by atoms with Gasteiger partial charge in [0.15, 0.2) is 5.65 Å². The van der Waals surface area contributed by atoms with Gasteiger partial charge in [-0.1, -0.05) is 0 Å². The molecule has 4 heterocycles. The lowest BCUT2D eigenvalue weighted by Gasteiger charge is -2.40. The highest BCUT2D eigenvalue weighted by molar-refractivity contribution is 5.74. The molecule has 3 aromatic heterocycles. The van der Waals surface area contributed by atoms with E-state index >= 15 is 0 Å². The van der Waals surface area contributed by atoms with Crippen LogP contribution in [-0.4, -0.2) is 49.7 Å². The Hall–Kier alpha value is -3.03. The van der Waals surface area contributed by atoms with Crippen LogP contribution in [-0.2, 0) is 7.05 Å². The summed E-state index contributed by atoms with van der Waals surface area (Å²) >= 11 is 0. The molecule has 5 rings (SSSR count). The monoisotopic (exact) mass is 391 g/mol. The highest BCUT2D eigenvalue weighted by Gasteiger charge is 2.37. The van der Waals surface area contributed by atoms with Crippen molar-refractivity contribution in [3.8, 4) is 0 Å². The number of piperidine rings is 1. The minimum Gasteiger partial charge on any atom is -0.350 e. The topological polar surface area (TPSA) is 80.0 Å². The molecule has 0 N–H and O–H groups in total. The SMILES string of the molecule is Cc1cc(N(C2CC2)C2CCN(c3nc4ncccc4c(=O)n3C)CC2)ncn1. The number of rotatable bonds is 4. The van der Waals surface area contributed by atoms with Gasteiger partial charge in [-0.2, -0.15) is 4.98 Å². The smallest absolute Gasteiger partial charge is 0.264 e. The molecule has 0 bridgehead atoms. The van der Waals surface area contributed by atoms with Crippen molar-refractivity contribution in [3.05, 3.63) is 46.8 Å². The molecule has 1 saturated carbocycles. The molecule has 150 valence electrons. The molecule has 8 heteroatoms. The van der Waals surface area contributed by atoms with Gasteiger partial charge in [0.25, 0.3) is 5.56 Å². The predicted molar refractivity (Wildman–Crippen MR) is 112 cm³/mol. The van der Waals surface area contributed by atoms with Crippen LogP contribution in [0.15, 0.2) is 35.5 Å². The van der Waals surface area contributed by atoms with E-state index in [9.17, 15) is 4.79 Å². The van der Waals surface area contributed by atoms with Crippen molar-refractivity contribution in [2.45, 2.75) is 44.7 Å². The number of fused-ring (bicyclic) bond motifs is 1. The molecule has 1 aliphatic heterocycles. The van der Waals surface area contributed by atoms with Crippen molar-refractivity contribution in [1.29, 1.82) is 0 Å². The number of anilines is 2. The zero-order chi connectivity index (χ0) is 20.0. The molecule has 0 spiro atoms. The Labute approximate surface area is 169 Å². The Morgan fingerprint density at radius 3 is 2.55 bits per heavy atom. The third-order valence-corrected chi connectivity index (χ3v) is 5.96. The van der Waals surface area contributed by atoms with Gasteiger partial charge in [0.1, 0.15) is 12.1 Å². The highest BCUT2D eigenvalue weighted by atomic mass is 16.1. The van der Waals surface area contributed by atoms with Gasteiger partial charge < -0.3 is 9.80 Å². The van der Waals surface area contributed by atoms with Crippen LogP contribution in [0, 0.1) is 6.92 Å². The van der Waals surface area contributed by atoms with Gasteiger partial charge in [-0.05, 0) is 44.7 Å². The van der Waals surface area contributed by atoms with Crippen LogP contribution in [0.5, 0.6) is 0 Å². The van der Waals surface area contributed by atoms with E-state index in [4.69, 9.17) is 0 Å². The van der Waals surface area contributed by atoms with Crippen LogP contribution >= 0.6 is 0 Å². The molecule has 3 aromatic rings. The van der Waals surface area contributed by atoms with Crippen LogP contribution in [0.1, 0.15) is 31.4 Å². The molecule has 1 saturated heterocycles. The van der Waals surface area contributed by atoms with E-state index in [0.717, 1.165) is 37.4 Å². The van der Waals surface area contributed by atoms with Gasteiger partial charge in [0.05, 0.1) is 5.39 Å². The number of hydrogen-bond acceptors (Lipinski definition) is 7. The zero-order valence-corrected chi connectivity index (χ0v) is 16.8. The fourth-order valence-corrected chi connectivity index (χ4v) is 4.33. The minimum absolute atomic E-state index is 0.0451. The van der Waals surface area contributed by atoms with Crippen molar-refractivity contribution in [3.63, 3.8) is 0 Å². The second-order valence-corrected chi connectivity index (χ2v) is 8.02. The predicted octanol–water partition coefficient (Wildman–Crippen LogP) is 2.06. The average molecular weight is 391 g/mol. The Balaban J connectivity index is 1.38. The van der Waals surface area contributed by atoms with Crippen LogP contribution in [0.2, 0.25) is 0 Å². The second kappa shape index (κ2) is 7.09. The summed E-state index contributed by atoms with van der Waals surface area (Å²) < 4.78 is 1.65. The summed E-state index contributed by atoms with van der Waals surface area (Å²) in [5.74, 6) is 1.74. The van der Waals surface area contributed by atoms with Gasteiger partial charge >= 0.3 is 0 Å². The first-order valence-corrected chi connectivity index (χ1v) is 10.3. The first-order valence-electron chi connectivity index (χ1n) is 10.3. The van der Waals surface area contributed by atoms with E-state index in [1.165, 1.54) is 12.8 Å². The fourth-order valence-electron chi connectivity index (χ4n) is 4.33. The van der Waals surface area contributed by atoms with Gasteiger partial charge in [-0.25, -0.2) is 15.0 Å². The van der Waals surface area contributed by atoms with Crippen LogP contribution in [0.3, 0.4) is 0 Å². The number of nitrogens with zero attached hydrogens (tertiary/aromatic N) is 7. The number of aryl methyl sites for hydroxylation is 1. The van der Waals surface area contributed by atoms with Gasteiger partial charge in [-0.3, -0.25) is 9.36 Å². The maximum Gasteiger partial charge on any atom is 0.264 e. The first kappa shape index (κ1) is 18.0. The maximum absolute atomic E-state index is 12.7. The molecular weight excluding hydrogens is 366 g/mol. The Morgan fingerprint density at radius 2 is 1.83 bits per heavy atom. The molecule has 8 nitrogen and oxygen atoms in total. The normalized spacial score (nSPS) is 17.7. The van der Waals surface area contributed by atoms with E-state index in [0.29, 0.717) is 29.1 Å². The lowest BCUT2D eigenvalue weighted by atomic mass is 10.0. The van der Waals surface area contributed by atoms with Crippen molar-refractivity contribution in [2.24, 2.45) is 7.05 Å². The number of hydrogen-bond donors (Lipinski definition) is 0. The summed E-state index contributed by atoms with van der Waals surface area (Å²) in [6.45, 7) is 3.73. The minimum atomic E-state index is -0.0451. The first-order chi connectivity index (χ1) is 14.1. The third kappa shape index (κ3) is 3.32. The summed E-state index contributed by atoms with van der Waals surface area (Å²) in [6.07, 6.45) is 7.83. The lowest BCUT2D eigenvalue weighted by Crippen LogP contribution is -2.47. The Kier molecular flexibility index (Phi) is 4.41. The summed E-state index contributed by atoms with van der Waals surface area (Å²) in [5, 5.41) is 0.563. The molecule has 1 aliphatic carbocycles. The van der Waals surface area contributed by atoms with E-state index < -0.39 is 0 Å². The Bertz CT molecular complexity index is 1100. The average Bonchev–Trinajstić information content (AvgIpc) is 3.57. The van der Waals surface area contributed by atoms with E-state index in [2.05, 4.69) is 35.8 Å². The largest absolute Gasteiger partial charge is 0.350 e. The second-order valence-electron chi connectivity index (χ2n) is 8.02. The quantitative estimate of drug-likeness (QED) is 0.673. The van der Waals surface area contributed by atoms with E-state index in [1.54, 1.807) is 36.3 Å². The summed E-state index contributed by atoms with van der Waals surface area (Å²) in [5.41, 5.74) is 1.47. The zero-order valence-electron chi connectivity index (χ0n) is 16.8. The summed E-state index contributed by atoms with van der Waals surface area (Å²) in [7, 11) is 1.80. The third-order valence-electron chi connectivity index (χ3n) is 5.96. The number of pyridine rings is 1. The van der Waals surface area contributed by atoms with Crippen LogP contribution in [0.25, 0.3) is 11.0 Å². The van der Waals surface area contributed by atoms with E-state index in [1.807, 2.05) is 6.92 Å². The Morgan fingerprint density at radius 1 is 1.07 bits per heavy atom. The summed E-state index contributed by atoms with van der Waals surface area (Å²) in [6, 6.07) is 6.69. The molecule has 0 aromatic carbocycles. The lowest BCUT2D eigenvalue weighted by molar-refractivity contribution is 0.452. The maximum atomic E-state index is 12.7. The van der Waals surface area contributed by atoms with E-state index in [-0.39, 0.29) is 5.56 Å². The van der Waals surface area contributed by atoms with Crippen molar-refractivity contribution >= 4 is 22.8 Å². The molecule has 0 unspecified atom stereocenters. The van der Waals surface area contributed by atoms with Gasteiger partial charge in [0, 0.05) is 50.2 Å². The molecular formula is C21H25N7O. The molecule has 0 radical (unpaired) electrons. The molecule has 0 atom stereocenters. The summed E-state index contributed by atoms with van der Waals surface area (Å²) in [4.78, 5) is 35.2.